The van der Waals surface area contributed by atoms with Crippen molar-refractivity contribution < 1.29 is 19.4 Å². The molecule has 1 aliphatic carbocycles. The lowest BCUT2D eigenvalue weighted by Gasteiger charge is -2.26. The molecule has 0 aliphatic heterocycles. The average molecular weight is 369 g/mol. The van der Waals surface area contributed by atoms with Crippen molar-refractivity contribution in [3.05, 3.63) is 0 Å². The van der Waals surface area contributed by atoms with Crippen LogP contribution in [0.1, 0.15) is 104 Å². The number of unbranched alkanes of at least 4 members (excludes halogenated alkanes) is 4. The molecule has 1 aliphatic rings. The quantitative estimate of drug-likeness (QED) is 0.303. The zero-order valence-corrected chi connectivity index (χ0v) is 17.0. The van der Waals surface area contributed by atoms with Gasteiger partial charge in [0.1, 0.15) is 0 Å². The fraction of sp³-hybridized carbons (Fsp3) is 0.909. The van der Waals surface area contributed by atoms with Gasteiger partial charge in [-0.1, -0.05) is 84.5 Å². The van der Waals surface area contributed by atoms with Crippen molar-refractivity contribution in [2.45, 2.75) is 104 Å². The van der Waals surface area contributed by atoms with E-state index in [4.69, 9.17) is 4.74 Å². The summed E-state index contributed by atoms with van der Waals surface area (Å²) in [4.78, 5) is 23.5. The van der Waals surface area contributed by atoms with Gasteiger partial charge >= 0.3 is 11.9 Å². The fourth-order valence-corrected chi connectivity index (χ4v) is 4.22. The minimum absolute atomic E-state index is 0.291. The lowest BCUT2D eigenvalue weighted by Crippen LogP contribution is -2.33. The molecule has 4 nitrogen and oxygen atoms in total. The lowest BCUT2D eigenvalue weighted by molar-refractivity contribution is -0.159. The molecule has 0 heterocycles. The van der Waals surface area contributed by atoms with Crippen LogP contribution >= 0.6 is 0 Å². The lowest BCUT2D eigenvalue weighted by atomic mass is 9.79. The summed E-state index contributed by atoms with van der Waals surface area (Å²) in [5, 5.41) is 9.26. The molecule has 3 unspecified atom stereocenters. The van der Waals surface area contributed by atoms with Crippen LogP contribution in [0, 0.1) is 17.8 Å². The Morgan fingerprint density at radius 3 is 2.15 bits per heavy atom. The first-order valence-corrected chi connectivity index (χ1v) is 11.0. The summed E-state index contributed by atoms with van der Waals surface area (Å²) in [6, 6.07) is 0. The molecular weight excluding hydrogens is 328 g/mol. The summed E-state index contributed by atoms with van der Waals surface area (Å²) in [5.41, 5.74) is 0. The highest BCUT2D eigenvalue weighted by Crippen LogP contribution is 2.31. The third-order valence-corrected chi connectivity index (χ3v) is 5.80. The van der Waals surface area contributed by atoms with Crippen LogP contribution in [0.5, 0.6) is 0 Å². The van der Waals surface area contributed by atoms with Crippen molar-refractivity contribution >= 4 is 11.9 Å². The predicted octanol–water partition coefficient (Wildman–Crippen LogP) is 5.98. The Morgan fingerprint density at radius 2 is 1.54 bits per heavy atom. The van der Waals surface area contributed by atoms with Gasteiger partial charge in [0.2, 0.25) is 0 Å². The van der Waals surface area contributed by atoms with Crippen molar-refractivity contribution in [3.63, 3.8) is 0 Å². The van der Waals surface area contributed by atoms with Gasteiger partial charge in [-0.3, -0.25) is 9.59 Å². The number of aliphatic carboxylic acids is 1. The Bertz CT molecular complexity index is 394. The normalized spacial score (nSPS) is 21.3. The molecule has 0 spiro atoms. The number of hydrogen-bond acceptors (Lipinski definition) is 3. The number of esters is 1. The minimum Gasteiger partial charge on any atom is -0.481 e. The van der Waals surface area contributed by atoms with E-state index in [1.54, 1.807) is 0 Å². The van der Waals surface area contributed by atoms with E-state index in [0.29, 0.717) is 19.4 Å². The van der Waals surface area contributed by atoms with E-state index in [2.05, 4.69) is 13.8 Å². The summed E-state index contributed by atoms with van der Waals surface area (Å²) in [6.07, 6.45) is 15.5. The predicted molar refractivity (Wildman–Crippen MR) is 105 cm³/mol. The number of hydrogen-bond donors (Lipinski definition) is 1. The van der Waals surface area contributed by atoms with Crippen LogP contribution < -0.4 is 0 Å². The molecule has 0 radical (unpaired) electrons. The Balaban J connectivity index is 2.16. The third kappa shape index (κ3) is 9.05. The topological polar surface area (TPSA) is 63.6 Å². The first-order chi connectivity index (χ1) is 12.6. The molecule has 0 aromatic carbocycles. The second-order valence-electron chi connectivity index (χ2n) is 8.00. The van der Waals surface area contributed by atoms with Crippen molar-refractivity contribution in [2.75, 3.05) is 6.61 Å². The summed E-state index contributed by atoms with van der Waals surface area (Å²) in [6.45, 7) is 4.96. The standard InChI is InChI=1S/C22H40O4/c1-3-5-7-13-18(12-4-2)14-8-6-11-17-26-22(25)20-16-10-9-15-19(20)21(23)24/h18-20H,3-17H2,1-2H3,(H,23,24). The van der Waals surface area contributed by atoms with Crippen LogP contribution in [0.15, 0.2) is 0 Å². The Labute approximate surface area is 160 Å². The number of carbonyl (C=O) groups excluding carboxylic acids is 1. The number of carboxylic acid groups (broad SMARTS) is 1. The molecule has 0 amide bonds. The maximum atomic E-state index is 12.2. The van der Waals surface area contributed by atoms with E-state index in [1.165, 1.54) is 51.4 Å². The van der Waals surface area contributed by atoms with E-state index in [1.807, 2.05) is 0 Å². The summed E-state index contributed by atoms with van der Waals surface area (Å²) in [5.74, 6) is -1.27. The van der Waals surface area contributed by atoms with Crippen LogP contribution in [0.4, 0.5) is 0 Å². The largest absolute Gasteiger partial charge is 0.481 e. The van der Waals surface area contributed by atoms with Gasteiger partial charge in [-0.25, -0.2) is 0 Å². The van der Waals surface area contributed by atoms with Crippen molar-refractivity contribution in [1.29, 1.82) is 0 Å². The zero-order chi connectivity index (χ0) is 19.2. The molecule has 1 rings (SSSR count). The smallest absolute Gasteiger partial charge is 0.309 e. The second kappa shape index (κ2) is 14.1. The SMILES string of the molecule is CCCCCC(CCC)CCCCCOC(=O)C1CCCCC1C(=O)O. The highest BCUT2D eigenvalue weighted by Gasteiger charge is 2.36. The number of ether oxygens (including phenoxy) is 1. The fourth-order valence-electron chi connectivity index (χ4n) is 4.22. The van der Waals surface area contributed by atoms with E-state index < -0.39 is 17.8 Å². The van der Waals surface area contributed by atoms with Crippen LogP contribution in [-0.2, 0) is 14.3 Å². The van der Waals surface area contributed by atoms with E-state index in [-0.39, 0.29) is 5.97 Å². The van der Waals surface area contributed by atoms with Gasteiger partial charge in [-0.2, -0.15) is 0 Å². The molecule has 0 bridgehead atoms. The summed E-state index contributed by atoms with van der Waals surface area (Å²) >= 11 is 0. The molecule has 152 valence electrons. The van der Waals surface area contributed by atoms with Gasteiger partial charge in [0, 0.05) is 0 Å². The molecule has 0 aromatic heterocycles. The maximum absolute atomic E-state index is 12.2. The van der Waals surface area contributed by atoms with Gasteiger partial charge in [0.05, 0.1) is 18.4 Å². The van der Waals surface area contributed by atoms with Crippen molar-refractivity contribution in [2.24, 2.45) is 17.8 Å². The molecule has 1 saturated carbocycles. The molecule has 26 heavy (non-hydrogen) atoms. The van der Waals surface area contributed by atoms with E-state index >= 15 is 0 Å². The monoisotopic (exact) mass is 368 g/mol. The maximum Gasteiger partial charge on any atom is 0.309 e. The van der Waals surface area contributed by atoms with Gasteiger partial charge in [-0.15, -0.1) is 0 Å². The van der Waals surface area contributed by atoms with Gasteiger partial charge in [0.15, 0.2) is 0 Å². The van der Waals surface area contributed by atoms with Gasteiger partial charge in [0.25, 0.3) is 0 Å². The molecule has 1 N–H and O–H groups in total. The van der Waals surface area contributed by atoms with Crippen LogP contribution in [0.3, 0.4) is 0 Å². The first-order valence-electron chi connectivity index (χ1n) is 11.0. The van der Waals surface area contributed by atoms with Crippen LogP contribution in [0.25, 0.3) is 0 Å². The minimum atomic E-state index is -0.850. The Hall–Kier alpha value is -1.06. The van der Waals surface area contributed by atoms with E-state index in [9.17, 15) is 14.7 Å². The molecule has 1 fully saturated rings. The van der Waals surface area contributed by atoms with Crippen LogP contribution in [0.2, 0.25) is 0 Å². The van der Waals surface area contributed by atoms with Crippen molar-refractivity contribution in [1.82, 2.24) is 0 Å². The van der Waals surface area contributed by atoms with Gasteiger partial charge in [-0.05, 0) is 25.2 Å². The highest BCUT2D eigenvalue weighted by molar-refractivity contribution is 5.81. The second-order valence-corrected chi connectivity index (χ2v) is 8.00. The molecular formula is C22H40O4. The first kappa shape index (κ1) is 23.0. The van der Waals surface area contributed by atoms with Crippen LogP contribution in [-0.4, -0.2) is 23.7 Å². The summed E-state index contributed by atoms with van der Waals surface area (Å²) in [7, 11) is 0. The molecule has 0 aromatic rings. The summed E-state index contributed by atoms with van der Waals surface area (Å²) < 4.78 is 5.39. The number of rotatable bonds is 14. The highest BCUT2D eigenvalue weighted by atomic mass is 16.5. The Morgan fingerprint density at radius 1 is 0.885 bits per heavy atom. The zero-order valence-electron chi connectivity index (χ0n) is 17.0. The number of carboxylic acids is 1. The number of carbonyl (C=O) groups is 2. The molecule has 0 saturated heterocycles. The van der Waals surface area contributed by atoms with E-state index in [0.717, 1.165) is 31.6 Å². The van der Waals surface area contributed by atoms with Gasteiger partial charge < -0.3 is 9.84 Å². The Kier molecular flexibility index (Phi) is 12.4. The van der Waals surface area contributed by atoms with Crippen molar-refractivity contribution in [3.8, 4) is 0 Å². The average Bonchev–Trinajstić information content (AvgIpc) is 2.64. The third-order valence-electron chi connectivity index (χ3n) is 5.80. The molecule has 4 heteroatoms. The molecule has 3 atom stereocenters.